The van der Waals surface area contributed by atoms with Gasteiger partial charge in [-0.15, -0.1) is 11.3 Å². The zero-order valence-corrected chi connectivity index (χ0v) is 14.5. The van der Waals surface area contributed by atoms with Gasteiger partial charge in [-0.3, -0.25) is 4.79 Å². The number of nitrogens with zero attached hydrogens (tertiary/aromatic N) is 1. The second kappa shape index (κ2) is 6.93. The summed E-state index contributed by atoms with van der Waals surface area (Å²) in [5.41, 5.74) is 2.54. The lowest BCUT2D eigenvalue weighted by molar-refractivity contribution is 0.0473. The van der Waals surface area contributed by atoms with Gasteiger partial charge >= 0.3 is 5.97 Å². The highest BCUT2D eigenvalue weighted by molar-refractivity contribution is 7.13. The molecule has 2 heterocycles. The monoisotopic (exact) mass is 362 g/mol. The fraction of sp³-hybridized carbons (Fsp3) is 0.0500. The van der Waals surface area contributed by atoms with Gasteiger partial charge in [-0.05, 0) is 35.2 Å². The summed E-state index contributed by atoms with van der Waals surface area (Å²) in [5.74, 6) is -0.429. The van der Waals surface area contributed by atoms with Crippen molar-refractivity contribution in [3.63, 3.8) is 0 Å². The van der Waals surface area contributed by atoms with Gasteiger partial charge in [0.25, 0.3) is 5.56 Å². The minimum atomic E-state index is -0.429. The zero-order chi connectivity index (χ0) is 17.9. The molecule has 0 radical (unpaired) electrons. The number of thiophene rings is 1. The number of aromatic nitrogens is 2. The highest BCUT2D eigenvalue weighted by Crippen LogP contribution is 2.21. The van der Waals surface area contributed by atoms with Crippen molar-refractivity contribution in [1.29, 1.82) is 0 Å². The Morgan fingerprint density at radius 2 is 1.92 bits per heavy atom. The van der Waals surface area contributed by atoms with Gasteiger partial charge in [0.1, 0.15) is 12.3 Å². The number of nitrogens with one attached hydrogen (secondary N) is 1. The SMILES string of the molecule is O=C(OCc1ccccc1)c1ccc2[nH]c(=O)c(-c3cccs3)nc2c1. The molecule has 0 saturated carbocycles. The Hall–Kier alpha value is -3.25. The van der Waals surface area contributed by atoms with Crippen LogP contribution in [-0.2, 0) is 11.3 Å². The molecule has 26 heavy (non-hydrogen) atoms. The number of hydrogen-bond acceptors (Lipinski definition) is 5. The minimum absolute atomic E-state index is 0.206. The number of hydrogen-bond donors (Lipinski definition) is 1. The third-order valence-corrected chi connectivity index (χ3v) is 4.77. The summed E-state index contributed by atoms with van der Waals surface area (Å²) >= 11 is 1.44. The summed E-state index contributed by atoms with van der Waals surface area (Å²) in [6.45, 7) is 0.206. The Kier molecular flexibility index (Phi) is 4.33. The Bertz CT molecular complexity index is 1120. The molecule has 0 saturated heterocycles. The van der Waals surface area contributed by atoms with Crippen LogP contribution in [-0.4, -0.2) is 15.9 Å². The van der Waals surface area contributed by atoms with Crippen LogP contribution in [0.4, 0.5) is 0 Å². The topological polar surface area (TPSA) is 72.1 Å². The van der Waals surface area contributed by atoms with E-state index in [0.717, 1.165) is 10.4 Å². The van der Waals surface area contributed by atoms with Gasteiger partial charge in [-0.1, -0.05) is 36.4 Å². The molecule has 2 aromatic heterocycles. The van der Waals surface area contributed by atoms with Gasteiger partial charge in [0.05, 0.1) is 21.5 Å². The predicted molar refractivity (Wildman–Crippen MR) is 101 cm³/mol. The Morgan fingerprint density at radius 1 is 1.08 bits per heavy atom. The van der Waals surface area contributed by atoms with Crippen molar-refractivity contribution in [3.8, 4) is 10.6 Å². The molecule has 0 unspecified atom stereocenters. The quantitative estimate of drug-likeness (QED) is 0.557. The lowest BCUT2D eigenvalue weighted by Gasteiger charge is -2.06. The lowest BCUT2D eigenvalue weighted by Crippen LogP contribution is -2.11. The first kappa shape index (κ1) is 16.2. The molecule has 1 N–H and O–H groups in total. The number of esters is 1. The van der Waals surface area contributed by atoms with Crippen LogP contribution in [0.2, 0.25) is 0 Å². The molecular weight excluding hydrogens is 348 g/mol. The second-order valence-corrected chi connectivity index (χ2v) is 6.63. The number of benzene rings is 2. The first-order valence-electron chi connectivity index (χ1n) is 8.00. The van der Waals surface area contributed by atoms with Crippen molar-refractivity contribution in [2.75, 3.05) is 0 Å². The van der Waals surface area contributed by atoms with E-state index in [1.807, 2.05) is 47.8 Å². The van der Waals surface area contributed by atoms with Crippen LogP contribution >= 0.6 is 11.3 Å². The van der Waals surface area contributed by atoms with Crippen LogP contribution in [0, 0.1) is 0 Å². The summed E-state index contributed by atoms with van der Waals surface area (Å²) < 4.78 is 5.35. The van der Waals surface area contributed by atoms with E-state index in [1.54, 1.807) is 18.2 Å². The average Bonchev–Trinajstić information content (AvgIpc) is 3.20. The number of carbonyl (C=O) groups excluding carboxylic acids is 1. The molecule has 0 aliphatic carbocycles. The van der Waals surface area contributed by atoms with E-state index in [1.165, 1.54) is 11.3 Å². The predicted octanol–water partition coefficient (Wildman–Crippen LogP) is 4.01. The number of aromatic amines is 1. The molecule has 6 heteroatoms. The van der Waals surface area contributed by atoms with Crippen LogP contribution < -0.4 is 5.56 Å². The highest BCUT2D eigenvalue weighted by atomic mass is 32.1. The molecule has 0 aliphatic heterocycles. The van der Waals surface area contributed by atoms with E-state index >= 15 is 0 Å². The molecule has 2 aromatic carbocycles. The molecule has 0 atom stereocenters. The molecular formula is C20H14N2O3S. The molecule has 0 aliphatic rings. The number of H-pyrrole nitrogens is 1. The van der Waals surface area contributed by atoms with Crippen molar-refractivity contribution in [2.24, 2.45) is 0 Å². The summed E-state index contributed by atoms with van der Waals surface area (Å²) in [7, 11) is 0. The Labute approximate surface area is 152 Å². The molecule has 4 rings (SSSR count). The molecule has 0 bridgehead atoms. The lowest BCUT2D eigenvalue weighted by atomic mass is 10.2. The van der Waals surface area contributed by atoms with Gasteiger partial charge in [0.2, 0.25) is 0 Å². The summed E-state index contributed by atoms with van der Waals surface area (Å²) in [6.07, 6.45) is 0. The van der Waals surface area contributed by atoms with Crippen molar-refractivity contribution in [2.45, 2.75) is 6.61 Å². The standard InChI is InChI=1S/C20H14N2O3S/c23-19-18(17-7-4-10-26-17)21-16-11-14(8-9-15(16)22-19)20(24)25-12-13-5-2-1-3-6-13/h1-11H,12H2,(H,22,23). The molecule has 5 nitrogen and oxygen atoms in total. The molecule has 128 valence electrons. The van der Waals surface area contributed by atoms with Gasteiger partial charge in [-0.25, -0.2) is 9.78 Å². The van der Waals surface area contributed by atoms with Gasteiger partial charge in [0, 0.05) is 0 Å². The number of rotatable bonds is 4. The van der Waals surface area contributed by atoms with E-state index in [9.17, 15) is 9.59 Å². The van der Waals surface area contributed by atoms with Crippen LogP contribution in [0.1, 0.15) is 15.9 Å². The van der Waals surface area contributed by atoms with Crippen molar-refractivity contribution in [1.82, 2.24) is 9.97 Å². The molecule has 0 amide bonds. The fourth-order valence-electron chi connectivity index (χ4n) is 2.60. The van der Waals surface area contributed by atoms with Crippen molar-refractivity contribution in [3.05, 3.63) is 87.5 Å². The third-order valence-electron chi connectivity index (χ3n) is 3.90. The summed E-state index contributed by atoms with van der Waals surface area (Å²) in [5, 5.41) is 1.89. The van der Waals surface area contributed by atoms with Gasteiger partial charge < -0.3 is 9.72 Å². The van der Waals surface area contributed by atoms with Crippen LogP contribution in [0.25, 0.3) is 21.6 Å². The fourth-order valence-corrected chi connectivity index (χ4v) is 3.31. The van der Waals surface area contributed by atoms with E-state index < -0.39 is 5.97 Å². The van der Waals surface area contributed by atoms with Crippen LogP contribution in [0.5, 0.6) is 0 Å². The first-order chi connectivity index (χ1) is 12.7. The third kappa shape index (κ3) is 3.27. The Morgan fingerprint density at radius 3 is 2.69 bits per heavy atom. The first-order valence-corrected chi connectivity index (χ1v) is 8.88. The maximum absolute atomic E-state index is 12.3. The van der Waals surface area contributed by atoms with E-state index in [4.69, 9.17) is 4.74 Å². The van der Waals surface area contributed by atoms with E-state index in [2.05, 4.69) is 9.97 Å². The van der Waals surface area contributed by atoms with Crippen molar-refractivity contribution < 1.29 is 9.53 Å². The zero-order valence-electron chi connectivity index (χ0n) is 13.6. The van der Waals surface area contributed by atoms with Crippen molar-refractivity contribution >= 4 is 28.3 Å². The Balaban J connectivity index is 1.63. The van der Waals surface area contributed by atoms with Gasteiger partial charge in [0.15, 0.2) is 0 Å². The van der Waals surface area contributed by atoms with E-state index in [-0.39, 0.29) is 12.2 Å². The summed E-state index contributed by atoms with van der Waals surface area (Å²) in [4.78, 5) is 32.6. The van der Waals surface area contributed by atoms with Crippen LogP contribution in [0.3, 0.4) is 0 Å². The highest BCUT2D eigenvalue weighted by Gasteiger charge is 2.12. The normalized spacial score (nSPS) is 10.8. The maximum Gasteiger partial charge on any atom is 0.338 e. The second-order valence-electron chi connectivity index (χ2n) is 5.69. The number of carbonyl (C=O) groups is 1. The maximum atomic E-state index is 12.3. The largest absolute Gasteiger partial charge is 0.457 e. The molecule has 4 aromatic rings. The molecule has 0 fully saturated rings. The number of ether oxygens (including phenoxy) is 1. The average molecular weight is 362 g/mol. The molecule has 0 spiro atoms. The van der Waals surface area contributed by atoms with Gasteiger partial charge in [-0.2, -0.15) is 0 Å². The smallest absolute Gasteiger partial charge is 0.338 e. The minimum Gasteiger partial charge on any atom is -0.457 e. The summed E-state index contributed by atoms with van der Waals surface area (Å²) in [6, 6.07) is 18.1. The van der Waals surface area contributed by atoms with Crippen LogP contribution in [0.15, 0.2) is 70.8 Å². The van der Waals surface area contributed by atoms with E-state index in [0.29, 0.717) is 22.3 Å². The number of fused-ring (bicyclic) bond motifs is 1.